The van der Waals surface area contributed by atoms with Crippen LogP contribution in [0.5, 0.6) is 0 Å². The minimum atomic E-state index is -1.45. The van der Waals surface area contributed by atoms with Crippen molar-refractivity contribution in [3.8, 4) is 0 Å². The molecule has 0 saturated carbocycles. The van der Waals surface area contributed by atoms with E-state index in [4.69, 9.17) is 9.47 Å². The second-order valence-corrected chi connectivity index (χ2v) is 6.55. The molecule has 1 aliphatic carbocycles. The number of esters is 2. The van der Waals surface area contributed by atoms with Crippen LogP contribution < -0.4 is 0 Å². The van der Waals surface area contributed by atoms with Crippen LogP contribution >= 0.6 is 0 Å². The van der Waals surface area contributed by atoms with E-state index in [0.717, 1.165) is 0 Å². The van der Waals surface area contributed by atoms with Gasteiger partial charge in [-0.2, -0.15) is 0 Å². The van der Waals surface area contributed by atoms with E-state index in [0.29, 0.717) is 30.3 Å². The predicted octanol–water partition coefficient (Wildman–Crippen LogP) is 1.16. The largest absolute Gasteiger partial charge is 0.455 e. The third-order valence-corrected chi connectivity index (χ3v) is 4.85. The van der Waals surface area contributed by atoms with Crippen molar-refractivity contribution in [3.63, 3.8) is 0 Å². The van der Waals surface area contributed by atoms with Crippen molar-refractivity contribution in [2.75, 3.05) is 6.61 Å². The molecule has 0 radical (unpaired) electrons. The number of aliphatic hydroxyl groups is 2. The summed E-state index contributed by atoms with van der Waals surface area (Å²) in [5, 5.41) is 20.3. The molecule has 0 aromatic carbocycles. The van der Waals surface area contributed by atoms with Crippen molar-refractivity contribution in [3.05, 3.63) is 47.1 Å². The molecule has 1 heterocycles. The molecule has 0 spiro atoms. The van der Waals surface area contributed by atoms with Crippen molar-refractivity contribution in [2.45, 2.75) is 45.0 Å². The first-order valence-electron chi connectivity index (χ1n) is 8.71. The average molecular weight is 376 g/mol. The molecular formula is C20H24O7. The summed E-state index contributed by atoms with van der Waals surface area (Å²) in [7, 11) is 0. The molecule has 2 aliphatic rings. The molecule has 1 saturated heterocycles. The molecule has 0 unspecified atom stereocenters. The Morgan fingerprint density at radius 3 is 2.78 bits per heavy atom. The Balaban J connectivity index is 2.54. The molecule has 0 amide bonds. The Kier molecular flexibility index (Phi) is 6.87. The maximum Gasteiger partial charge on any atom is 0.334 e. The smallest absolute Gasteiger partial charge is 0.334 e. The second-order valence-electron chi connectivity index (χ2n) is 6.55. The molecule has 27 heavy (non-hydrogen) atoms. The summed E-state index contributed by atoms with van der Waals surface area (Å²) < 4.78 is 10.8. The van der Waals surface area contributed by atoms with Crippen molar-refractivity contribution >= 4 is 18.2 Å². The summed E-state index contributed by atoms with van der Waals surface area (Å²) in [6.45, 7) is 6.68. The molecular weight excluding hydrogens is 352 g/mol. The van der Waals surface area contributed by atoms with Gasteiger partial charge in [0.15, 0.2) is 0 Å². The molecule has 0 aromatic rings. The minimum absolute atomic E-state index is 0.0364. The summed E-state index contributed by atoms with van der Waals surface area (Å²) in [5.74, 6) is -2.24. The normalized spacial score (nSPS) is 29.3. The molecule has 2 rings (SSSR count). The van der Waals surface area contributed by atoms with Crippen molar-refractivity contribution in [2.24, 2.45) is 5.92 Å². The lowest BCUT2D eigenvalue weighted by atomic mass is 9.83. The lowest BCUT2D eigenvalue weighted by Crippen LogP contribution is -2.43. The maximum absolute atomic E-state index is 12.3. The fourth-order valence-corrected chi connectivity index (χ4v) is 3.10. The van der Waals surface area contributed by atoms with Gasteiger partial charge in [-0.15, -0.1) is 0 Å². The lowest BCUT2D eigenvalue weighted by Gasteiger charge is -2.30. The molecule has 1 fully saturated rings. The first-order valence-corrected chi connectivity index (χ1v) is 8.71. The van der Waals surface area contributed by atoms with Crippen molar-refractivity contribution in [1.82, 2.24) is 0 Å². The SMILES string of the molecule is C=C1C(=O)O[C@@H]2C=C(CO)CCC=C(C=O)[C@H](O)[C@@H](OC(=O)C(C)=CC)[C@@H]12. The van der Waals surface area contributed by atoms with Crippen LogP contribution in [0.25, 0.3) is 0 Å². The number of rotatable bonds is 4. The molecule has 7 nitrogen and oxygen atoms in total. The van der Waals surface area contributed by atoms with E-state index >= 15 is 0 Å². The van der Waals surface area contributed by atoms with Gasteiger partial charge < -0.3 is 19.7 Å². The fourth-order valence-electron chi connectivity index (χ4n) is 3.10. The van der Waals surface area contributed by atoms with Crippen LogP contribution in [0.3, 0.4) is 0 Å². The highest BCUT2D eigenvalue weighted by molar-refractivity contribution is 5.92. The molecule has 2 N–H and O–H groups in total. The Labute approximate surface area is 157 Å². The highest BCUT2D eigenvalue weighted by Crippen LogP contribution is 2.36. The van der Waals surface area contributed by atoms with Crippen LogP contribution in [0.1, 0.15) is 26.7 Å². The van der Waals surface area contributed by atoms with E-state index in [-0.39, 0.29) is 17.8 Å². The Morgan fingerprint density at radius 2 is 2.19 bits per heavy atom. The van der Waals surface area contributed by atoms with Crippen molar-refractivity contribution < 1.29 is 34.1 Å². The number of carbonyl (C=O) groups excluding carboxylic acids is 3. The van der Waals surface area contributed by atoms with Crippen molar-refractivity contribution in [1.29, 1.82) is 0 Å². The number of ether oxygens (including phenoxy) is 2. The van der Waals surface area contributed by atoms with Gasteiger partial charge in [-0.05, 0) is 38.3 Å². The molecule has 0 bridgehead atoms. The van der Waals surface area contributed by atoms with E-state index in [1.165, 1.54) is 6.08 Å². The number of hydrogen-bond acceptors (Lipinski definition) is 7. The van der Waals surface area contributed by atoms with Gasteiger partial charge in [-0.1, -0.05) is 18.7 Å². The molecule has 7 heteroatoms. The number of carbonyl (C=O) groups is 3. The van der Waals surface area contributed by atoms with Gasteiger partial charge in [0.05, 0.1) is 12.5 Å². The number of aliphatic hydroxyl groups excluding tert-OH is 2. The van der Waals surface area contributed by atoms with Crippen LogP contribution in [0, 0.1) is 5.92 Å². The summed E-state index contributed by atoms with van der Waals surface area (Å²) in [6, 6.07) is 0. The number of hydrogen-bond donors (Lipinski definition) is 2. The zero-order chi connectivity index (χ0) is 20.1. The van der Waals surface area contributed by atoms with Gasteiger partial charge in [0.25, 0.3) is 0 Å². The number of allylic oxidation sites excluding steroid dienone is 2. The van der Waals surface area contributed by atoms with Crippen LogP contribution in [-0.2, 0) is 23.9 Å². The van der Waals surface area contributed by atoms with Gasteiger partial charge >= 0.3 is 11.9 Å². The zero-order valence-electron chi connectivity index (χ0n) is 15.4. The summed E-state index contributed by atoms with van der Waals surface area (Å²) in [5.41, 5.74) is 1.00. The van der Waals surface area contributed by atoms with Crippen LogP contribution in [0.2, 0.25) is 0 Å². The summed E-state index contributed by atoms with van der Waals surface area (Å²) in [4.78, 5) is 35.9. The standard InChI is InChI=1S/C20H24O7/c1-4-11(2)19(24)27-18-16-12(3)20(25)26-15(16)8-13(9-21)6-5-7-14(10-22)17(18)23/h4,7-8,10,15-18,21,23H,3,5-6,9H2,1-2H3/t15-,16+,17+,18+/m1/s1. The summed E-state index contributed by atoms with van der Waals surface area (Å²) in [6.07, 6.45) is 2.43. The second kappa shape index (κ2) is 8.92. The minimum Gasteiger partial charge on any atom is -0.455 e. The van der Waals surface area contributed by atoms with Gasteiger partial charge in [-0.25, -0.2) is 9.59 Å². The maximum atomic E-state index is 12.3. The third kappa shape index (κ3) is 4.43. The number of aldehydes is 1. The monoisotopic (exact) mass is 376 g/mol. The fraction of sp³-hybridized carbons (Fsp3) is 0.450. The van der Waals surface area contributed by atoms with Crippen LogP contribution in [-0.4, -0.2) is 53.4 Å². The quantitative estimate of drug-likeness (QED) is 0.328. The predicted molar refractivity (Wildman–Crippen MR) is 96.4 cm³/mol. The zero-order valence-corrected chi connectivity index (χ0v) is 15.4. The first-order chi connectivity index (χ1) is 12.8. The molecule has 146 valence electrons. The topological polar surface area (TPSA) is 110 Å². The molecule has 1 aliphatic heterocycles. The Hall–Kier alpha value is -2.51. The van der Waals surface area contributed by atoms with Gasteiger partial charge in [0.2, 0.25) is 0 Å². The highest BCUT2D eigenvalue weighted by atomic mass is 16.6. The van der Waals surface area contributed by atoms with Crippen LogP contribution in [0.4, 0.5) is 0 Å². The van der Waals surface area contributed by atoms with Gasteiger partial charge in [-0.3, -0.25) is 4.79 Å². The number of fused-ring (bicyclic) bond motifs is 1. The Morgan fingerprint density at radius 1 is 1.48 bits per heavy atom. The van der Waals surface area contributed by atoms with E-state index in [9.17, 15) is 24.6 Å². The Bertz CT molecular complexity index is 729. The lowest BCUT2D eigenvalue weighted by molar-refractivity contribution is -0.153. The van der Waals surface area contributed by atoms with Gasteiger partial charge in [0, 0.05) is 16.7 Å². The highest BCUT2D eigenvalue weighted by Gasteiger charge is 2.48. The molecule has 4 atom stereocenters. The molecule has 0 aromatic heterocycles. The third-order valence-electron chi connectivity index (χ3n) is 4.85. The van der Waals surface area contributed by atoms with E-state index in [2.05, 4.69) is 6.58 Å². The van der Waals surface area contributed by atoms with E-state index in [1.807, 2.05) is 0 Å². The first kappa shape index (κ1) is 20.8. The van der Waals surface area contributed by atoms with Gasteiger partial charge in [0.1, 0.15) is 24.6 Å². The summed E-state index contributed by atoms with van der Waals surface area (Å²) >= 11 is 0. The van der Waals surface area contributed by atoms with E-state index < -0.39 is 36.2 Å². The average Bonchev–Trinajstić information content (AvgIpc) is 2.94. The van der Waals surface area contributed by atoms with Crippen LogP contribution in [0.15, 0.2) is 47.1 Å². The van der Waals surface area contributed by atoms with E-state index in [1.54, 1.807) is 26.0 Å².